The smallest absolute Gasteiger partial charge is 0.408 e. The Morgan fingerprint density at radius 2 is 2.21 bits per heavy atom. The van der Waals surface area contributed by atoms with Gasteiger partial charge in [0.05, 0.1) is 13.1 Å². The van der Waals surface area contributed by atoms with Crippen molar-refractivity contribution in [3.8, 4) is 0 Å². The van der Waals surface area contributed by atoms with Gasteiger partial charge in [-0.15, -0.1) is 0 Å². The third-order valence-electron chi connectivity index (χ3n) is 2.27. The summed E-state index contributed by atoms with van der Waals surface area (Å²) in [7, 11) is 0. The first-order valence-electron chi connectivity index (χ1n) is 4.15. The number of rotatable bonds is 0. The molecule has 1 amide bonds. The van der Waals surface area contributed by atoms with Crippen LogP contribution in [-0.2, 0) is 9.53 Å². The van der Waals surface area contributed by atoms with Gasteiger partial charge in [-0.25, -0.2) is 4.79 Å². The van der Waals surface area contributed by atoms with Crippen LogP contribution in [0.5, 0.6) is 0 Å². The predicted octanol–water partition coefficient (Wildman–Crippen LogP) is -0.458. The zero-order chi connectivity index (χ0) is 10.3. The van der Waals surface area contributed by atoms with Crippen LogP contribution in [0.3, 0.4) is 0 Å². The zero-order valence-electron chi connectivity index (χ0n) is 7.27. The van der Waals surface area contributed by atoms with E-state index in [0.29, 0.717) is 5.57 Å². The monoisotopic (exact) mass is 199 g/mol. The standard InChI is InChI=1S/C8H9NO5/c10-5-2-9(8(12)13)3-6-4(5)1-7(11)14-6/h7,11H,1-3H2,(H,12,13). The quantitative estimate of drug-likeness (QED) is 0.551. The second kappa shape index (κ2) is 2.98. The number of carboxylic acid groups (broad SMARTS) is 1. The van der Waals surface area contributed by atoms with Crippen molar-refractivity contribution < 1.29 is 24.5 Å². The molecule has 0 aromatic heterocycles. The van der Waals surface area contributed by atoms with Crippen LogP contribution in [0.1, 0.15) is 6.42 Å². The van der Waals surface area contributed by atoms with E-state index in [1.807, 2.05) is 0 Å². The van der Waals surface area contributed by atoms with E-state index in [-0.39, 0.29) is 31.1 Å². The predicted molar refractivity (Wildman–Crippen MR) is 43.3 cm³/mol. The number of hydrogen-bond donors (Lipinski definition) is 2. The lowest BCUT2D eigenvalue weighted by Crippen LogP contribution is -2.40. The zero-order valence-corrected chi connectivity index (χ0v) is 7.27. The van der Waals surface area contributed by atoms with Crippen molar-refractivity contribution >= 4 is 11.9 Å². The molecule has 2 N–H and O–H groups in total. The maximum absolute atomic E-state index is 11.4. The highest BCUT2D eigenvalue weighted by molar-refractivity contribution is 6.00. The van der Waals surface area contributed by atoms with E-state index in [4.69, 9.17) is 14.9 Å². The molecule has 2 aliphatic rings. The van der Waals surface area contributed by atoms with Crippen molar-refractivity contribution in [1.82, 2.24) is 4.90 Å². The van der Waals surface area contributed by atoms with Gasteiger partial charge in [0.25, 0.3) is 0 Å². The molecule has 0 spiro atoms. The van der Waals surface area contributed by atoms with Crippen molar-refractivity contribution in [2.24, 2.45) is 0 Å². The summed E-state index contributed by atoms with van der Waals surface area (Å²) in [6.07, 6.45) is -1.99. The molecular formula is C8H9NO5. The van der Waals surface area contributed by atoms with Crippen molar-refractivity contribution in [1.29, 1.82) is 0 Å². The van der Waals surface area contributed by atoms with Crippen LogP contribution in [0.4, 0.5) is 4.79 Å². The van der Waals surface area contributed by atoms with Crippen LogP contribution in [0.2, 0.25) is 0 Å². The lowest BCUT2D eigenvalue weighted by Gasteiger charge is -2.23. The van der Waals surface area contributed by atoms with Gasteiger partial charge in [0.2, 0.25) is 6.29 Å². The SMILES string of the molecule is O=C1CN(C(=O)O)CC2=C1CC(O)O2. The Bertz CT molecular complexity index is 335. The molecule has 2 rings (SSSR count). The van der Waals surface area contributed by atoms with E-state index in [2.05, 4.69) is 0 Å². The number of ketones is 1. The van der Waals surface area contributed by atoms with Gasteiger partial charge in [-0.1, -0.05) is 0 Å². The minimum Gasteiger partial charge on any atom is -0.467 e. The Labute approximate surface area is 79.4 Å². The van der Waals surface area contributed by atoms with E-state index in [1.165, 1.54) is 0 Å². The molecule has 0 aromatic rings. The van der Waals surface area contributed by atoms with Crippen molar-refractivity contribution in [3.63, 3.8) is 0 Å². The molecule has 76 valence electrons. The third kappa shape index (κ3) is 1.33. The average molecular weight is 199 g/mol. The molecule has 0 aromatic carbocycles. The summed E-state index contributed by atoms with van der Waals surface area (Å²) < 4.78 is 4.93. The van der Waals surface area contributed by atoms with Gasteiger partial charge in [0.1, 0.15) is 5.76 Å². The van der Waals surface area contributed by atoms with Crippen molar-refractivity contribution in [2.45, 2.75) is 12.7 Å². The number of carbonyl (C=O) groups excluding carboxylic acids is 1. The van der Waals surface area contributed by atoms with Gasteiger partial charge in [-0.3, -0.25) is 9.69 Å². The van der Waals surface area contributed by atoms with Crippen LogP contribution in [0.15, 0.2) is 11.3 Å². The van der Waals surface area contributed by atoms with Crippen LogP contribution in [-0.4, -0.2) is 46.4 Å². The highest BCUT2D eigenvalue weighted by Gasteiger charge is 2.35. The Hall–Kier alpha value is -1.56. The number of aliphatic hydroxyl groups excluding tert-OH is 1. The first-order valence-corrected chi connectivity index (χ1v) is 4.15. The summed E-state index contributed by atoms with van der Waals surface area (Å²) in [5, 5.41) is 17.8. The molecule has 0 saturated heterocycles. The lowest BCUT2D eigenvalue weighted by atomic mass is 10.0. The van der Waals surface area contributed by atoms with Gasteiger partial charge in [0.15, 0.2) is 5.78 Å². The third-order valence-corrected chi connectivity index (χ3v) is 2.27. The Morgan fingerprint density at radius 3 is 2.86 bits per heavy atom. The largest absolute Gasteiger partial charge is 0.467 e. The summed E-state index contributed by atoms with van der Waals surface area (Å²) >= 11 is 0. The summed E-state index contributed by atoms with van der Waals surface area (Å²) in [4.78, 5) is 22.9. The van der Waals surface area contributed by atoms with E-state index in [9.17, 15) is 9.59 Å². The number of amides is 1. The molecule has 2 heterocycles. The summed E-state index contributed by atoms with van der Waals surface area (Å²) in [6.45, 7) is -0.0995. The molecule has 14 heavy (non-hydrogen) atoms. The summed E-state index contributed by atoms with van der Waals surface area (Å²) in [5.74, 6) is 0.00125. The second-order valence-electron chi connectivity index (χ2n) is 3.24. The molecule has 0 aliphatic carbocycles. The molecule has 0 bridgehead atoms. The number of carbonyl (C=O) groups is 2. The first-order chi connectivity index (χ1) is 6.58. The van der Waals surface area contributed by atoms with Gasteiger partial charge >= 0.3 is 6.09 Å². The van der Waals surface area contributed by atoms with Crippen LogP contribution in [0, 0.1) is 0 Å². The highest BCUT2D eigenvalue weighted by Crippen LogP contribution is 2.28. The average Bonchev–Trinajstić information content (AvgIpc) is 2.45. The molecule has 6 heteroatoms. The summed E-state index contributed by atoms with van der Waals surface area (Å²) in [5.41, 5.74) is 0.426. The molecule has 0 radical (unpaired) electrons. The molecule has 6 nitrogen and oxygen atoms in total. The Kier molecular flexibility index (Phi) is 1.92. The molecule has 1 unspecified atom stereocenters. The van der Waals surface area contributed by atoms with Crippen LogP contribution in [0.25, 0.3) is 0 Å². The maximum atomic E-state index is 11.4. The molecule has 0 fully saturated rings. The van der Waals surface area contributed by atoms with Gasteiger partial charge < -0.3 is 14.9 Å². The maximum Gasteiger partial charge on any atom is 0.408 e. The van der Waals surface area contributed by atoms with Gasteiger partial charge in [0, 0.05) is 12.0 Å². The molecule has 0 saturated carbocycles. The van der Waals surface area contributed by atoms with Crippen molar-refractivity contribution in [3.05, 3.63) is 11.3 Å². The van der Waals surface area contributed by atoms with Gasteiger partial charge in [-0.05, 0) is 0 Å². The van der Waals surface area contributed by atoms with E-state index < -0.39 is 12.4 Å². The number of Topliss-reactive ketones (excluding diaryl/α,β-unsaturated/α-hetero) is 1. The number of aliphatic hydroxyl groups is 1. The first kappa shape index (κ1) is 9.01. The van der Waals surface area contributed by atoms with E-state index in [1.54, 1.807) is 0 Å². The molecule has 2 aliphatic heterocycles. The minimum atomic E-state index is -1.16. The molecular weight excluding hydrogens is 190 g/mol. The fraction of sp³-hybridized carbons (Fsp3) is 0.500. The van der Waals surface area contributed by atoms with Crippen LogP contribution >= 0.6 is 0 Å². The van der Waals surface area contributed by atoms with Crippen LogP contribution < -0.4 is 0 Å². The fourth-order valence-corrected chi connectivity index (χ4v) is 1.60. The summed E-state index contributed by atoms with van der Waals surface area (Å²) in [6, 6.07) is 0. The van der Waals surface area contributed by atoms with E-state index >= 15 is 0 Å². The number of nitrogens with zero attached hydrogens (tertiary/aromatic N) is 1. The Balaban J connectivity index is 2.21. The fourth-order valence-electron chi connectivity index (χ4n) is 1.60. The Morgan fingerprint density at radius 1 is 1.50 bits per heavy atom. The van der Waals surface area contributed by atoms with E-state index in [0.717, 1.165) is 4.90 Å². The molecule has 1 atom stereocenters. The normalized spacial score (nSPS) is 26.2. The second-order valence-corrected chi connectivity index (χ2v) is 3.24. The minimum absolute atomic E-state index is 0.0491. The van der Waals surface area contributed by atoms with Crippen molar-refractivity contribution in [2.75, 3.05) is 13.1 Å². The highest BCUT2D eigenvalue weighted by atomic mass is 16.6. The lowest BCUT2D eigenvalue weighted by molar-refractivity contribution is -0.117. The topological polar surface area (TPSA) is 87.1 Å². The number of ether oxygens (including phenoxy) is 1. The van der Waals surface area contributed by atoms with Gasteiger partial charge in [-0.2, -0.15) is 0 Å². The number of hydrogen-bond acceptors (Lipinski definition) is 4.